The fourth-order valence-electron chi connectivity index (χ4n) is 4.61. The molecule has 0 aromatic heterocycles. The SMILES string of the molecule is O=C(CN1C(=O)/C(=C/c2ccccc2F)Oc2ccccc21)NCCN1CCN(c2cccc(Cl)c2)CC1. The Balaban J connectivity index is 1.17. The maximum absolute atomic E-state index is 14.2. The monoisotopic (exact) mass is 534 g/mol. The molecule has 2 aliphatic rings. The number of amides is 2. The third kappa shape index (κ3) is 5.98. The molecule has 2 heterocycles. The summed E-state index contributed by atoms with van der Waals surface area (Å²) in [6.45, 7) is 4.52. The summed E-state index contributed by atoms with van der Waals surface area (Å²) in [4.78, 5) is 32.0. The molecular formula is C29H28ClFN4O3. The average Bonchev–Trinajstić information content (AvgIpc) is 2.92. The van der Waals surface area contributed by atoms with E-state index in [0.29, 0.717) is 24.5 Å². The van der Waals surface area contributed by atoms with Crippen LogP contribution in [-0.2, 0) is 9.59 Å². The van der Waals surface area contributed by atoms with Gasteiger partial charge in [0, 0.05) is 55.5 Å². The molecule has 3 aromatic carbocycles. The first kappa shape index (κ1) is 25.8. The molecule has 0 saturated carbocycles. The highest BCUT2D eigenvalue weighted by Crippen LogP contribution is 2.35. The van der Waals surface area contributed by atoms with Crippen molar-refractivity contribution in [2.24, 2.45) is 0 Å². The Morgan fingerprint density at radius 1 is 1.00 bits per heavy atom. The van der Waals surface area contributed by atoms with Crippen LogP contribution in [0.2, 0.25) is 5.02 Å². The van der Waals surface area contributed by atoms with Gasteiger partial charge in [0.15, 0.2) is 11.5 Å². The van der Waals surface area contributed by atoms with Crippen molar-refractivity contribution in [2.75, 3.05) is 55.6 Å². The Kier molecular flexibility index (Phi) is 7.91. The Hall–Kier alpha value is -3.88. The Bertz CT molecular complexity index is 1360. The molecule has 2 aliphatic heterocycles. The zero-order chi connectivity index (χ0) is 26.5. The molecule has 5 rings (SSSR count). The molecule has 196 valence electrons. The number of carbonyl (C=O) groups is 2. The van der Waals surface area contributed by atoms with Gasteiger partial charge >= 0.3 is 0 Å². The fourth-order valence-corrected chi connectivity index (χ4v) is 4.79. The van der Waals surface area contributed by atoms with Crippen LogP contribution in [0.1, 0.15) is 5.56 Å². The minimum Gasteiger partial charge on any atom is -0.449 e. The first-order valence-electron chi connectivity index (χ1n) is 12.5. The number of piperazine rings is 1. The van der Waals surface area contributed by atoms with Gasteiger partial charge in [-0.2, -0.15) is 0 Å². The van der Waals surface area contributed by atoms with Crippen molar-refractivity contribution in [3.8, 4) is 5.75 Å². The fraction of sp³-hybridized carbons (Fsp3) is 0.241. The normalized spacial score (nSPS) is 16.8. The van der Waals surface area contributed by atoms with Crippen LogP contribution < -0.4 is 19.9 Å². The van der Waals surface area contributed by atoms with Gasteiger partial charge in [-0.25, -0.2) is 4.39 Å². The lowest BCUT2D eigenvalue weighted by molar-refractivity contribution is -0.123. The molecule has 1 N–H and O–H groups in total. The molecule has 0 aliphatic carbocycles. The van der Waals surface area contributed by atoms with Crippen LogP contribution in [0.3, 0.4) is 0 Å². The number of benzene rings is 3. The maximum atomic E-state index is 14.2. The van der Waals surface area contributed by atoms with Crippen molar-refractivity contribution in [3.05, 3.63) is 95.0 Å². The first-order valence-corrected chi connectivity index (χ1v) is 12.9. The van der Waals surface area contributed by atoms with Gasteiger partial charge in [-0.1, -0.05) is 48.0 Å². The van der Waals surface area contributed by atoms with Gasteiger partial charge in [-0.05, 0) is 42.5 Å². The minimum atomic E-state index is -0.501. The van der Waals surface area contributed by atoms with E-state index in [1.54, 1.807) is 42.5 Å². The highest BCUT2D eigenvalue weighted by molar-refractivity contribution is 6.30. The quantitative estimate of drug-likeness (QED) is 0.461. The van der Waals surface area contributed by atoms with Crippen molar-refractivity contribution in [3.63, 3.8) is 0 Å². The van der Waals surface area contributed by atoms with E-state index in [9.17, 15) is 14.0 Å². The van der Waals surface area contributed by atoms with Crippen molar-refractivity contribution >= 4 is 40.9 Å². The molecule has 0 unspecified atom stereocenters. The van der Waals surface area contributed by atoms with Gasteiger partial charge in [0.25, 0.3) is 5.91 Å². The molecule has 9 heteroatoms. The number of rotatable bonds is 7. The standard InChI is InChI=1S/C29H28ClFN4O3/c30-22-7-5-8-23(19-22)34-16-14-33(15-17-34)13-12-32-28(36)20-35-25-10-3-4-11-26(25)38-27(29(35)37)18-21-6-1-2-9-24(21)31/h1-11,18-19H,12-17,20H2,(H,32,36)/b27-18-. The largest absolute Gasteiger partial charge is 0.449 e. The molecule has 1 saturated heterocycles. The molecule has 0 spiro atoms. The zero-order valence-corrected chi connectivity index (χ0v) is 21.5. The van der Waals surface area contributed by atoms with Crippen LogP contribution in [0.15, 0.2) is 78.6 Å². The van der Waals surface area contributed by atoms with E-state index >= 15 is 0 Å². The number of hydrogen-bond acceptors (Lipinski definition) is 5. The number of hydrogen-bond donors (Lipinski definition) is 1. The summed E-state index contributed by atoms with van der Waals surface area (Å²) in [7, 11) is 0. The molecule has 0 bridgehead atoms. The van der Waals surface area contributed by atoms with Crippen molar-refractivity contribution < 1.29 is 18.7 Å². The van der Waals surface area contributed by atoms with Crippen molar-refractivity contribution in [2.45, 2.75) is 0 Å². The minimum absolute atomic E-state index is 0.0424. The van der Waals surface area contributed by atoms with Gasteiger partial charge in [0.05, 0.1) is 5.69 Å². The van der Waals surface area contributed by atoms with Crippen molar-refractivity contribution in [1.82, 2.24) is 10.2 Å². The predicted octanol–water partition coefficient (Wildman–Crippen LogP) is 4.18. The first-order chi connectivity index (χ1) is 18.5. The zero-order valence-electron chi connectivity index (χ0n) is 20.8. The summed E-state index contributed by atoms with van der Waals surface area (Å²) in [5, 5.41) is 3.65. The molecule has 1 fully saturated rings. The predicted molar refractivity (Wildman–Crippen MR) is 147 cm³/mol. The van der Waals surface area contributed by atoms with Crippen molar-refractivity contribution in [1.29, 1.82) is 0 Å². The van der Waals surface area contributed by atoms with Crippen LogP contribution in [-0.4, -0.2) is 62.5 Å². The van der Waals surface area contributed by atoms with E-state index in [-0.39, 0.29) is 23.8 Å². The number of para-hydroxylation sites is 2. The number of halogens is 2. The van der Waals surface area contributed by atoms with Gasteiger partial charge in [-0.3, -0.25) is 19.4 Å². The van der Waals surface area contributed by atoms with Crippen LogP contribution in [0.4, 0.5) is 15.8 Å². The third-order valence-electron chi connectivity index (χ3n) is 6.62. The molecular weight excluding hydrogens is 507 g/mol. The van der Waals surface area contributed by atoms with Crippen LogP contribution in [0, 0.1) is 5.82 Å². The number of fused-ring (bicyclic) bond motifs is 1. The summed E-state index contributed by atoms with van der Waals surface area (Å²) in [6, 6.07) is 21.0. The molecule has 7 nitrogen and oxygen atoms in total. The highest BCUT2D eigenvalue weighted by Gasteiger charge is 2.31. The second-order valence-corrected chi connectivity index (χ2v) is 9.59. The lowest BCUT2D eigenvalue weighted by Gasteiger charge is -2.36. The van der Waals surface area contributed by atoms with E-state index in [1.807, 2.05) is 18.2 Å². The second-order valence-electron chi connectivity index (χ2n) is 9.15. The smallest absolute Gasteiger partial charge is 0.294 e. The summed E-state index contributed by atoms with van der Waals surface area (Å²) in [5.74, 6) is -0.857. The molecule has 0 atom stereocenters. The Morgan fingerprint density at radius 3 is 2.55 bits per heavy atom. The van der Waals surface area contributed by atoms with E-state index in [4.69, 9.17) is 16.3 Å². The van der Waals surface area contributed by atoms with E-state index in [1.165, 1.54) is 17.0 Å². The number of ether oxygens (including phenoxy) is 1. The molecule has 2 amide bonds. The van der Waals surface area contributed by atoms with Gasteiger partial charge < -0.3 is 15.0 Å². The molecule has 38 heavy (non-hydrogen) atoms. The van der Waals surface area contributed by atoms with Gasteiger partial charge in [0.1, 0.15) is 12.4 Å². The second kappa shape index (κ2) is 11.7. The number of anilines is 2. The van der Waals surface area contributed by atoms with Crippen LogP contribution >= 0.6 is 11.6 Å². The number of carbonyl (C=O) groups excluding carboxylic acids is 2. The van der Waals surface area contributed by atoms with Gasteiger partial charge in [0.2, 0.25) is 5.91 Å². The van der Waals surface area contributed by atoms with Crippen LogP contribution in [0.5, 0.6) is 5.75 Å². The lowest BCUT2D eigenvalue weighted by Crippen LogP contribution is -2.49. The van der Waals surface area contributed by atoms with E-state index < -0.39 is 11.7 Å². The lowest BCUT2D eigenvalue weighted by atomic mass is 10.1. The third-order valence-corrected chi connectivity index (χ3v) is 6.86. The summed E-state index contributed by atoms with van der Waals surface area (Å²) >= 11 is 6.12. The van der Waals surface area contributed by atoms with E-state index in [2.05, 4.69) is 21.2 Å². The molecule has 0 radical (unpaired) electrons. The van der Waals surface area contributed by atoms with E-state index in [0.717, 1.165) is 36.9 Å². The summed E-state index contributed by atoms with van der Waals surface area (Å²) < 4.78 is 20.0. The average molecular weight is 535 g/mol. The van der Waals surface area contributed by atoms with Gasteiger partial charge in [-0.15, -0.1) is 0 Å². The topological polar surface area (TPSA) is 65.1 Å². The molecule has 3 aromatic rings. The number of nitrogens with one attached hydrogen (secondary N) is 1. The number of nitrogens with zero attached hydrogens (tertiary/aromatic N) is 3. The highest BCUT2D eigenvalue weighted by atomic mass is 35.5. The Morgan fingerprint density at radius 2 is 1.76 bits per heavy atom. The van der Waals surface area contributed by atoms with Crippen LogP contribution in [0.25, 0.3) is 6.08 Å². The summed E-state index contributed by atoms with van der Waals surface area (Å²) in [6.07, 6.45) is 1.36. The maximum Gasteiger partial charge on any atom is 0.294 e. The summed E-state index contributed by atoms with van der Waals surface area (Å²) in [5.41, 5.74) is 1.84. The Labute approximate surface area is 226 Å².